The first kappa shape index (κ1) is 15.0. The molecule has 0 atom stereocenters. The number of benzene rings is 1. The van der Waals surface area contributed by atoms with Gasteiger partial charge in [0.15, 0.2) is 11.5 Å². The summed E-state index contributed by atoms with van der Waals surface area (Å²) >= 11 is 6.28. The zero-order chi connectivity index (χ0) is 14.9. The van der Waals surface area contributed by atoms with Crippen LogP contribution in [0.3, 0.4) is 0 Å². The van der Waals surface area contributed by atoms with E-state index < -0.39 is 11.4 Å². The van der Waals surface area contributed by atoms with Crippen molar-refractivity contribution in [2.24, 2.45) is 0 Å². The Hall–Kier alpha value is -1.42. The summed E-state index contributed by atoms with van der Waals surface area (Å²) in [7, 11) is 1.54. The molecule has 1 saturated carbocycles. The monoisotopic (exact) mass is 298 g/mol. The van der Waals surface area contributed by atoms with Gasteiger partial charge >= 0.3 is 5.97 Å². The van der Waals surface area contributed by atoms with Crippen molar-refractivity contribution < 1.29 is 19.4 Å². The molecular weight excluding hydrogens is 280 g/mol. The van der Waals surface area contributed by atoms with E-state index >= 15 is 0 Å². The molecule has 1 aromatic rings. The van der Waals surface area contributed by atoms with Crippen LogP contribution in [0.2, 0.25) is 5.02 Å². The van der Waals surface area contributed by atoms with Crippen LogP contribution < -0.4 is 9.47 Å². The number of carbonyl (C=O) groups is 1. The lowest BCUT2D eigenvalue weighted by Gasteiger charge is -2.38. The third-order valence-corrected chi connectivity index (χ3v) is 4.06. The molecule has 1 fully saturated rings. The Balaban J connectivity index is 2.48. The van der Waals surface area contributed by atoms with Gasteiger partial charge in [-0.3, -0.25) is 4.79 Å². The van der Waals surface area contributed by atoms with E-state index in [0.717, 1.165) is 6.42 Å². The molecule has 0 amide bonds. The summed E-state index contributed by atoms with van der Waals surface area (Å²) < 4.78 is 10.9. The second kappa shape index (κ2) is 5.52. The van der Waals surface area contributed by atoms with Gasteiger partial charge in [0.1, 0.15) is 0 Å². The van der Waals surface area contributed by atoms with E-state index in [9.17, 15) is 9.90 Å². The standard InChI is InChI=1S/C15H19ClO4/c1-9(2)20-13-8-11(16)10(7-12(13)19-3)15(14(17)18)5-4-6-15/h7-9H,4-6H2,1-3H3,(H,17,18). The first-order valence-corrected chi connectivity index (χ1v) is 7.06. The molecule has 1 aromatic carbocycles. The van der Waals surface area contributed by atoms with Crippen LogP contribution in [-0.2, 0) is 10.2 Å². The third-order valence-electron chi connectivity index (χ3n) is 3.75. The van der Waals surface area contributed by atoms with E-state index in [0.29, 0.717) is 34.9 Å². The summed E-state index contributed by atoms with van der Waals surface area (Å²) in [4.78, 5) is 11.6. The van der Waals surface area contributed by atoms with Crippen molar-refractivity contribution in [3.63, 3.8) is 0 Å². The Kier molecular flexibility index (Phi) is 4.14. The normalized spacial score (nSPS) is 16.6. The first-order valence-electron chi connectivity index (χ1n) is 6.69. The Morgan fingerprint density at radius 1 is 1.35 bits per heavy atom. The Bertz CT molecular complexity index is 521. The Morgan fingerprint density at radius 3 is 2.40 bits per heavy atom. The van der Waals surface area contributed by atoms with Crippen LogP contribution in [0.1, 0.15) is 38.7 Å². The summed E-state index contributed by atoms with van der Waals surface area (Å²) in [5, 5.41) is 9.93. The van der Waals surface area contributed by atoms with Gasteiger partial charge in [-0.1, -0.05) is 18.0 Å². The fourth-order valence-electron chi connectivity index (χ4n) is 2.54. The molecule has 110 valence electrons. The van der Waals surface area contributed by atoms with Gasteiger partial charge in [-0.05, 0) is 38.3 Å². The van der Waals surface area contributed by atoms with Crippen molar-refractivity contribution >= 4 is 17.6 Å². The van der Waals surface area contributed by atoms with E-state index in [2.05, 4.69) is 0 Å². The highest BCUT2D eigenvalue weighted by Crippen LogP contribution is 2.49. The van der Waals surface area contributed by atoms with Crippen LogP contribution in [0.25, 0.3) is 0 Å². The molecule has 0 unspecified atom stereocenters. The van der Waals surface area contributed by atoms with Crippen molar-refractivity contribution in [1.29, 1.82) is 0 Å². The number of ether oxygens (including phenoxy) is 2. The molecule has 1 aliphatic carbocycles. The lowest BCUT2D eigenvalue weighted by atomic mass is 9.64. The maximum absolute atomic E-state index is 11.6. The average molecular weight is 299 g/mol. The molecule has 5 heteroatoms. The minimum Gasteiger partial charge on any atom is -0.493 e. The second-order valence-electron chi connectivity index (χ2n) is 5.39. The molecule has 0 aliphatic heterocycles. The lowest BCUT2D eigenvalue weighted by molar-refractivity contribution is -0.147. The largest absolute Gasteiger partial charge is 0.493 e. The summed E-state index contributed by atoms with van der Waals surface area (Å²) in [5.74, 6) is 0.229. The smallest absolute Gasteiger partial charge is 0.314 e. The van der Waals surface area contributed by atoms with Crippen LogP contribution in [0, 0.1) is 0 Å². The van der Waals surface area contributed by atoms with E-state index in [1.165, 1.54) is 7.11 Å². The molecule has 1 N–H and O–H groups in total. The second-order valence-corrected chi connectivity index (χ2v) is 5.80. The molecule has 1 aliphatic rings. The van der Waals surface area contributed by atoms with E-state index in [1.54, 1.807) is 12.1 Å². The van der Waals surface area contributed by atoms with Crippen molar-refractivity contribution in [3.05, 3.63) is 22.7 Å². The number of hydrogen-bond donors (Lipinski definition) is 1. The van der Waals surface area contributed by atoms with Crippen molar-refractivity contribution in [1.82, 2.24) is 0 Å². The number of carboxylic acids is 1. The molecule has 0 saturated heterocycles. The van der Waals surface area contributed by atoms with Crippen LogP contribution in [0.15, 0.2) is 12.1 Å². The van der Waals surface area contributed by atoms with Crippen LogP contribution in [0.5, 0.6) is 11.5 Å². The number of rotatable bonds is 5. The van der Waals surface area contributed by atoms with E-state index in [-0.39, 0.29) is 6.10 Å². The van der Waals surface area contributed by atoms with Gasteiger partial charge in [0.05, 0.1) is 18.6 Å². The van der Waals surface area contributed by atoms with Crippen molar-refractivity contribution in [2.75, 3.05) is 7.11 Å². The molecule has 0 spiro atoms. The lowest BCUT2D eigenvalue weighted by Crippen LogP contribution is -2.42. The molecule has 4 nitrogen and oxygen atoms in total. The summed E-state index contributed by atoms with van der Waals surface area (Å²) in [6.07, 6.45) is 2.10. The average Bonchev–Trinajstić information content (AvgIpc) is 2.29. The van der Waals surface area contributed by atoms with Gasteiger partial charge in [-0.15, -0.1) is 0 Å². The number of aliphatic carboxylic acids is 1. The molecule has 0 heterocycles. The summed E-state index contributed by atoms with van der Waals surface area (Å²) in [5.41, 5.74) is -0.258. The quantitative estimate of drug-likeness (QED) is 0.901. The minimum atomic E-state index is -0.874. The molecule has 20 heavy (non-hydrogen) atoms. The third kappa shape index (κ3) is 2.44. The first-order chi connectivity index (χ1) is 9.40. The van der Waals surface area contributed by atoms with Gasteiger partial charge in [-0.25, -0.2) is 0 Å². The highest BCUT2D eigenvalue weighted by Gasteiger charge is 2.47. The predicted molar refractivity (Wildman–Crippen MR) is 76.9 cm³/mol. The maximum Gasteiger partial charge on any atom is 0.314 e. The van der Waals surface area contributed by atoms with Crippen molar-refractivity contribution in [3.8, 4) is 11.5 Å². The fourth-order valence-corrected chi connectivity index (χ4v) is 2.87. The van der Waals surface area contributed by atoms with Crippen LogP contribution in [0.4, 0.5) is 0 Å². The fraction of sp³-hybridized carbons (Fsp3) is 0.533. The topological polar surface area (TPSA) is 55.8 Å². The van der Waals surface area contributed by atoms with Gasteiger partial charge in [0.25, 0.3) is 0 Å². The summed E-state index contributed by atoms with van der Waals surface area (Å²) in [6.45, 7) is 3.82. The van der Waals surface area contributed by atoms with Crippen LogP contribution >= 0.6 is 11.6 Å². The van der Waals surface area contributed by atoms with Gasteiger partial charge in [0.2, 0.25) is 0 Å². The number of carboxylic acid groups (broad SMARTS) is 1. The minimum absolute atomic E-state index is 0.0112. The van der Waals surface area contributed by atoms with E-state index in [1.807, 2.05) is 13.8 Å². The highest BCUT2D eigenvalue weighted by atomic mass is 35.5. The maximum atomic E-state index is 11.6. The predicted octanol–water partition coefficient (Wildman–Crippen LogP) is 3.64. The zero-order valence-electron chi connectivity index (χ0n) is 11.9. The SMILES string of the molecule is COc1cc(C2(C(=O)O)CCC2)c(Cl)cc1OC(C)C. The van der Waals surface area contributed by atoms with Gasteiger partial charge in [-0.2, -0.15) is 0 Å². The Morgan fingerprint density at radius 2 is 2.00 bits per heavy atom. The van der Waals surface area contributed by atoms with Gasteiger partial charge < -0.3 is 14.6 Å². The van der Waals surface area contributed by atoms with E-state index in [4.69, 9.17) is 21.1 Å². The van der Waals surface area contributed by atoms with Crippen molar-refractivity contribution in [2.45, 2.75) is 44.6 Å². The number of hydrogen-bond acceptors (Lipinski definition) is 3. The Labute approximate surface area is 123 Å². The number of methoxy groups -OCH3 is 1. The number of halogens is 1. The molecule has 0 bridgehead atoms. The molecule has 0 aromatic heterocycles. The molecule has 2 rings (SSSR count). The molecule has 0 radical (unpaired) electrons. The van der Waals surface area contributed by atoms with Gasteiger partial charge in [0, 0.05) is 11.1 Å². The van der Waals surface area contributed by atoms with Crippen LogP contribution in [-0.4, -0.2) is 24.3 Å². The zero-order valence-corrected chi connectivity index (χ0v) is 12.7. The highest BCUT2D eigenvalue weighted by molar-refractivity contribution is 6.32. The molecular formula is C15H19ClO4. The summed E-state index contributed by atoms with van der Waals surface area (Å²) in [6, 6.07) is 3.35.